The second kappa shape index (κ2) is 8.07. The molecule has 3 aromatic carbocycles. The van der Waals surface area contributed by atoms with Gasteiger partial charge in [-0.2, -0.15) is 0 Å². The van der Waals surface area contributed by atoms with E-state index < -0.39 is 11.6 Å². The van der Waals surface area contributed by atoms with Gasteiger partial charge in [0, 0.05) is 38.3 Å². The highest BCUT2D eigenvalue weighted by Gasteiger charge is 2.21. The Bertz CT molecular complexity index is 1000. The van der Waals surface area contributed by atoms with E-state index in [0.717, 1.165) is 38.2 Å². The van der Waals surface area contributed by atoms with Crippen molar-refractivity contribution >= 4 is 16.7 Å². The number of hydrogen-bond acceptors (Lipinski definition) is 2. The molecule has 4 rings (SSSR count). The average molecular weight is 380 g/mol. The number of carbonyl (C=O) groups excluding carboxylic acids is 1. The predicted octanol–water partition coefficient (Wildman–Crippen LogP) is 4.47. The van der Waals surface area contributed by atoms with Gasteiger partial charge in [-0.05, 0) is 47.0 Å². The van der Waals surface area contributed by atoms with Crippen molar-refractivity contribution in [2.24, 2.45) is 0 Å². The van der Waals surface area contributed by atoms with Crippen molar-refractivity contribution < 1.29 is 13.6 Å². The first-order chi connectivity index (χ1) is 13.6. The van der Waals surface area contributed by atoms with Crippen molar-refractivity contribution in [2.75, 3.05) is 26.2 Å². The fourth-order valence-corrected chi connectivity index (χ4v) is 3.74. The van der Waals surface area contributed by atoms with Crippen LogP contribution in [0.3, 0.4) is 0 Å². The fourth-order valence-electron chi connectivity index (χ4n) is 3.74. The molecule has 0 bridgehead atoms. The molecule has 28 heavy (non-hydrogen) atoms. The van der Waals surface area contributed by atoms with E-state index in [1.807, 2.05) is 12.1 Å². The van der Waals surface area contributed by atoms with E-state index in [4.69, 9.17) is 0 Å². The van der Waals surface area contributed by atoms with Gasteiger partial charge in [-0.1, -0.05) is 36.4 Å². The molecule has 0 unspecified atom stereocenters. The van der Waals surface area contributed by atoms with Crippen LogP contribution < -0.4 is 0 Å². The zero-order valence-electron chi connectivity index (χ0n) is 15.6. The summed E-state index contributed by atoms with van der Waals surface area (Å²) in [6.07, 6.45) is 0.850. The molecule has 0 N–H and O–H groups in total. The second-order valence-electron chi connectivity index (χ2n) is 7.23. The lowest BCUT2D eigenvalue weighted by Crippen LogP contribution is -2.35. The van der Waals surface area contributed by atoms with E-state index in [9.17, 15) is 13.6 Å². The number of rotatable bonds is 3. The molecule has 3 nitrogen and oxygen atoms in total. The Balaban J connectivity index is 1.41. The quantitative estimate of drug-likeness (QED) is 0.670. The van der Waals surface area contributed by atoms with Gasteiger partial charge < -0.3 is 4.90 Å². The van der Waals surface area contributed by atoms with E-state index in [-0.39, 0.29) is 11.5 Å². The first-order valence-corrected chi connectivity index (χ1v) is 9.54. The third kappa shape index (κ3) is 4.04. The van der Waals surface area contributed by atoms with Crippen LogP contribution in [0.1, 0.15) is 22.3 Å². The Morgan fingerprint density at radius 1 is 0.821 bits per heavy atom. The average Bonchev–Trinajstić information content (AvgIpc) is 2.95. The van der Waals surface area contributed by atoms with Crippen LogP contribution in [-0.4, -0.2) is 41.9 Å². The summed E-state index contributed by atoms with van der Waals surface area (Å²) in [7, 11) is 0. The topological polar surface area (TPSA) is 23.6 Å². The number of carbonyl (C=O) groups is 1. The normalized spacial score (nSPS) is 15.6. The SMILES string of the molecule is O=C(c1ccc(F)c(F)c1)N1CCCN(Cc2ccc3ccccc3c2)CC1. The monoisotopic (exact) mass is 380 g/mol. The van der Waals surface area contributed by atoms with E-state index in [2.05, 4.69) is 35.2 Å². The second-order valence-corrected chi connectivity index (χ2v) is 7.23. The van der Waals surface area contributed by atoms with Crippen LogP contribution in [0.4, 0.5) is 8.78 Å². The first-order valence-electron chi connectivity index (χ1n) is 9.54. The van der Waals surface area contributed by atoms with Gasteiger partial charge in [0.1, 0.15) is 0 Å². The van der Waals surface area contributed by atoms with Crippen molar-refractivity contribution in [3.8, 4) is 0 Å². The zero-order valence-corrected chi connectivity index (χ0v) is 15.6. The van der Waals surface area contributed by atoms with E-state index in [0.29, 0.717) is 13.1 Å². The van der Waals surface area contributed by atoms with E-state index in [1.165, 1.54) is 22.4 Å². The summed E-state index contributed by atoms with van der Waals surface area (Å²) in [4.78, 5) is 16.7. The molecule has 1 saturated heterocycles. The fraction of sp³-hybridized carbons (Fsp3) is 0.261. The molecule has 1 heterocycles. The van der Waals surface area contributed by atoms with E-state index in [1.54, 1.807) is 4.90 Å². The highest BCUT2D eigenvalue weighted by Crippen LogP contribution is 2.18. The van der Waals surface area contributed by atoms with Gasteiger partial charge in [0.2, 0.25) is 0 Å². The van der Waals surface area contributed by atoms with Crippen LogP contribution in [0.15, 0.2) is 60.7 Å². The van der Waals surface area contributed by atoms with Gasteiger partial charge in [-0.15, -0.1) is 0 Å². The molecule has 1 aliphatic rings. The van der Waals surface area contributed by atoms with E-state index >= 15 is 0 Å². The summed E-state index contributed by atoms with van der Waals surface area (Å²) in [5.74, 6) is -2.17. The number of fused-ring (bicyclic) bond motifs is 1. The minimum Gasteiger partial charge on any atom is -0.337 e. The maximum atomic E-state index is 13.4. The number of hydrogen-bond donors (Lipinski definition) is 0. The molecule has 0 aromatic heterocycles. The molecule has 0 spiro atoms. The number of amides is 1. The number of benzene rings is 3. The molecule has 1 amide bonds. The lowest BCUT2D eigenvalue weighted by molar-refractivity contribution is 0.0760. The maximum absolute atomic E-state index is 13.4. The summed E-state index contributed by atoms with van der Waals surface area (Å²) in [6.45, 7) is 3.67. The third-order valence-corrected chi connectivity index (χ3v) is 5.26. The minimum atomic E-state index is -0.987. The Hall–Kier alpha value is -2.79. The van der Waals surface area contributed by atoms with Crippen LogP contribution in [0.5, 0.6) is 0 Å². The molecule has 0 radical (unpaired) electrons. The van der Waals surface area contributed by atoms with Crippen molar-refractivity contribution in [2.45, 2.75) is 13.0 Å². The summed E-state index contributed by atoms with van der Waals surface area (Å²) in [5.41, 5.74) is 1.45. The van der Waals surface area contributed by atoms with Crippen LogP contribution in [0.25, 0.3) is 10.8 Å². The van der Waals surface area contributed by atoms with Gasteiger partial charge in [0.05, 0.1) is 0 Å². The molecular formula is C23H22F2N2O. The Labute approximate surface area is 163 Å². The van der Waals surface area contributed by atoms with Gasteiger partial charge in [-0.25, -0.2) is 8.78 Å². The van der Waals surface area contributed by atoms with Crippen LogP contribution in [0, 0.1) is 11.6 Å². The summed E-state index contributed by atoms with van der Waals surface area (Å²) in [5, 5.41) is 2.45. The molecule has 0 atom stereocenters. The number of nitrogens with zero attached hydrogens (tertiary/aromatic N) is 2. The summed E-state index contributed by atoms with van der Waals surface area (Å²) >= 11 is 0. The van der Waals surface area contributed by atoms with Gasteiger partial charge in [0.25, 0.3) is 5.91 Å². The molecule has 0 aliphatic carbocycles. The van der Waals surface area contributed by atoms with Crippen molar-refractivity contribution in [1.29, 1.82) is 0 Å². The zero-order chi connectivity index (χ0) is 19.5. The lowest BCUT2D eigenvalue weighted by Gasteiger charge is -2.22. The van der Waals surface area contributed by atoms with Crippen molar-refractivity contribution in [3.63, 3.8) is 0 Å². The maximum Gasteiger partial charge on any atom is 0.254 e. The first kappa shape index (κ1) is 18.6. The molecule has 0 saturated carbocycles. The summed E-state index contributed by atoms with van der Waals surface area (Å²) in [6, 6.07) is 18.1. The molecule has 1 fully saturated rings. The van der Waals surface area contributed by atoms with Crippen LogP contribution in [-0.2, 0) is 6.54 Å². The molecular weight excluding hydrogens is 358 g/mol. The van der Waals surface area contributed by atoms with Crippen LogP contribution in [0.2, 0.25) is 0 Å². The Kier molecular flexibility index (Phi) is 5.35. The van der Waals surface area contributed by atoms with Crippen LogP contribution >= 0.6 is 0 Å². The smallest absolute Gasteiger partial charge is 0.254 e. The van der Waals surface area contributed by atoms with Crippen molar-refractivity contribution in [3.05, 3.63) is 83.4 Å². The van der Waals surface area contributed by atoms with Gasteiger partial charge in [0.15, 0.2) is 11.6 Å². The molecule has 144 valence electrons. The molecule has 3 aromatic rings. The predicted molar refractivity (Wildman–Crippen MR) is 106 cm³/mol. The lowest BCUT2D eigenvalue weighted by atomic mass is 10.1. The highest BCUT2D eigenvalue weighted by atomic mass is 19.2. The Morgan fingerprint density at radius 3 is 2.46 bits per heavy atom. The third-order valence-electron chi connectivity index (χ3n) is 5.26. The van der Waals surface area contributed by atoms with Gasteiger partial charge >= 0.3 is 0 Å². The minimum absolute atomic E-state index is 0.196. The van der Waals surface area contributed by atoms with Gasteiger partial charge in [-0.3, -0.25) is 9.69 Å². The highest BCUT2D eigenvalue weighted by molar-refractivity contribution is 5.94. The summed E-state index contributed by atoms with van der Waals surface area (Å²) < 4.78 is 26.6. The standard InChI is InChI=1S/C23H22F2N2O/c24-21-9-8-20(15-22(21)25)23(28)27-11-3-10-26(12-13-27)16-17-6-7-18-4-1-2-5-19(18)14-17/h1-2,4-9,14-15H,3,10-13,16H2. The Morgan fingerprint density at radius 2 is 1.64 bits per heavy atom. The van der Waals surface area contributed by atoms with Crippen molar-refractivity contribution in [1.82, 2.24) is 9.80 Å². The largest absolute Gasteiger partial charge is 0.337 e. The molecule has 5 heteroatoms. The molecule has 1 aliphatic heterocycles. The number of halogens is 2.